The van der Waals surface area contributed by atoms with E-state index in [0.29, 0.717) is 18.1 Å². The van der Waals surface area contributed by atoms with Gasteiger partial charge in [0.25, 0.3) is 0 Å². The molecule has 0 unspecified atom stereocenters. The van der Waals surface area contributed by atoms with Gasteiger partial charge in [0.2, 0.25) is 0 Å². The van der Waals surface area contributed by atoms with Gasteiger partial charge in [0.15, 0.2) is 0 Å². The van der Waals surface area contributed by atoms with Gasteiger partial charge in [-0.25, -0.2) is 0 Å². The third kappa shape index (κ3) is 3.86. The first kappa shape index (κ1) is 9.72. The van der Waals surface area contributed by atoms with Crippen LogP contribution < -0.4 is 0 Å². The SMILES string of the molecule is C[C@@H]1COCCCCCC(=O)C1. The Morgan fingerprint density at radius 1 is 1.33 bits per heavy atom. The Labute approximate surface area is 74.3 Å². The van der Waals surface area contributed by atoms with Gasteiger partial charge in [-0.05, 0) is 18.8 Å². The van der Waals surface area contributed by atoms with Crippen molar-refractivity contribution in [2.45, 2.75) is 39.0 Å². The van der Waals surface area contributed by atoms with Crippen LogP contribution in [-0.2, 0) is 9.53 Å². The number of rotatable bonds is 0. The zero-order valence-electron chi connectivity index (χ0n) is 7.84. The van der Waals surface area contributed by atoms with E-state index in [0.717, 1.165) is 38.9 Å². The Hall–Kier alpha value is -0.370. The highest BCUT2D eigenvalue weighted by atomic mass is 16.5. The minimum atomic E-state index is 0.410. The molecule has 0 amide bonds. The molecule has 0 aliphatic carbocycles. The number of carbonyl (C=O) groups is 1. The summed E-state index contributed by atoms with van der Waals surface area (Å²) in [5, 5.41) is 0. The third-order valence-electron chi connectivity index (χ3n) is 2.22. The standard InChI is InChI=1S/C10H18O2/c1-9-7-10(11)5-3-2-4-6-12-8-9/h9H,2-8H2,1H3/t9-/m0/s1. The van der Waals surface area contributed by atoms with E-state index in [1.165, 1.54) is 0 Å². The maximum atomic E-state index is 11.3. The molecule has 0 spiro atoms. The highest BCUT2D eigenvalue weighted by Crippen LogP contribution is 2.11. The third-order valence-corrected chi connectivity index (χ3v) is 2.22. The smallest absolute Gasteiger partial charge is 0.133 e. The van der Waals surface area contributed by atoms with E-state index in [1.54, 1.807) is 0 Å². The summed E-state index contributed by atoms with van der Waals surface area (Å²) in [6.07, 6.45) is 4.79. The number of ether oxygens (including phenoxy) is 1. The maximum absolute atomic E-state index is 11.3. The van der Waals surface area contributed by atoms with Crippen LogP contribution in [-0.4, -0.2) is 19.0 Å². The number of ketones is 1. The van der Waals surface area contributed by atoms with Crippen molar-refractivity contribution < 1.29 is 9.53 Å². The van der Waals surface area contributed by atoms with E-state index in [9.17, 15) is 4.79 Å². The van der Waals surface area contributed by atoms with Gasteiger partial charge in [-0.2, -0.15) is 0 Å². The molecule has 1 aliphatic heterocycles. The van der Waals surface area contributed by atoms with E-state index in [2.05, 4.69) is 6.92 Å². The van der Waals surface area contributed by atoms with Gasteiger partial charge in [-0.15, -0.1) is 0 Å². The average Bonchev–Trinajstić information content (AvgIpc) is 2.02. The van der Waals surface area contributed by atoms with Gasteiger partial charge in [-0.1, -0.05) is 13.3 Å². The molecule has 0 bridgehead atoms. The van der Waals surface area contributed by atoms with Crippen LogP contribution in [0.3, 0.4) is 0 Å². The molecule has 2 heteroatoms. The fourth-order valence-corrected chi connectivity index (χ4v) is 1.54. The Bertz CT molecular complexity index is 143. The van der Waals surface area contributed by atoms with Crippen molar-refractivity contribution in [2.75, 3.05) is 13.2 Å². The first-order valence-corrected chi connectivity index (χ1v) is 4.88. The van der Waals surface area contributed by atoms with E-state index < -0.39 is 0 Å². The van der Waals surface area contributed by atoms with E-state index >= 15 is 0 Å². The fraction of sp³-hybridized carbons (Fsp3) is 0.900. The molecule has 70 valence electrons. The summed E-state index contributed by atoms with van der Waals surface area (Å²) in [6.45, 7) is 3.71. The van der Waals surface area contributed by atoms with Gasteiger partial charge < -0.3 is 4.74 Å². The van der Waals surface area contributed by atoms with Crippen LogP contribution in [0.25, 0.3) is 0 Å². The van der Waals surface area contributed by atoms with Crippen LogP contribution in [0.5, 0.6) is 0 Å². The van der Waals surface area contributed by atoms with Crippen LogP contribution in [0.1, 0.15) is 39.0 Å². The minimum absolute atomic E-state index is 0.410. The molecule has 0 saturated carbocycles. The van der Waals surface area contributed by atoms with Gasteiger partial charge >= 0.3 is 0 Å². The molecule has 0 aromatic rings. The number of Topliss-reactive ketones (excluding diaryl/α,β-unsaturated/α-hetero) is 1. The van der Waals surface area contributed by atoms with Crippen molar-refractivity contribution in [3.05, 3.63) is 0 Å². The molecule has 1 aliphatic rings. The van der Waals surface area contributed by atoms with Crippen LogP contribution in [0, 0.1) is 5.92 Å². The molecule has 1 heterocycles. The Morgan fingerprint density at radius 3 is 3.00 bits per heavy atom. The second kappa shape index (κ2) is 5.31. The molecule has 0 N–H and O–H groups in total. The first-order chi connectivity index (χ1) is 5.79. The van der Waals surface area contributed by atoms with Crippen molar-refractivity contribution in [1.29, 1.82) is 0 Å². The van der Waals surface area contributed by atoms with Crippen molar-refractivity contribution in [3.8, 4) is 0 Å². The van der Waals surface area contributed by atoms with E-state index in [4.69, 9.17) is 4.74 Å². The molecule has 0 aromatic heterocycles. The summed E-state index contributed by atoms with van der Waals surface area (Å²) in [7, 11) is 0. The molecular weight excluding hydrogens is 152 g/mol. The average molecular weight is 170 g/mol. The largest absolute Gasteiger partial charge is 0.381 e. The van der Waals surface area contributed by atoms with Crippen molar-refractivity contribution in [3.63, 3.8) is 0 Å². The number of hydrogen-bond acceptors (Lipinski definition) is 2. The molecule has 12 heavy (non-hydrogen) atoms. The first-order valence-electron chi connectivity index (χ1n) is 4.88. The maximum Gasteiger partial charge on any atom is 0.133 e. The highest BCUT2D eigenvalue weighted by molar-refractivity contribution is 5.78. The molecule has 1 fully saturated rings. The van der Waals surface area contributed by atoms with Crippen LogP contribution >= 0.6 is 0 Å². The summed E-state index contributed by atoms with van der Waals surface area (Å²) >= 11 is 0. The Morgan fingerprint density at radius 2 is 2.17 bits per heavy atom. The molecule has 1 saturated heterocycles. The van der Waals surface area contributed by atoms with Crippen LogP contribution in [0.4, 0.5) is 0 Å². The van der Waals surface area contributed by atoms with Crippen LogP contribution in [0.2, 0.25) is 0 Å². The van der Waals surface area contributed by atoms with Crippen LogP contribution in [0.15, 0.2) is 0 Å². The number of hydrogen-bond donors (Lipinski definition) is 0. The fourth-order valence-electron chi connectivity index (χ4n) is 1.54. The molecule has 1 rings (SSSR count). The lowest BCUT2D eigenvalue weighted by Gasteiger charge is -2.13. The van der Waals surface area contributed by atoms with E-state index in [-0.39, 0.29) is 0 Å². The monoisotopic (exact) mass is 170 g/mol. The summed E-state index contributed by atoms with van der Waals surface area (Å²) in [6, 6.07) is 0. The van der Waals surface area contributed by atoms with Gasteiger partial charge in [-0.3, -0.25) is 4.79 Å². The summed E-state index contributed by atoms with van der Waals surface area (Å²) in [5.74, 6) is 0.823. The lowest BCUT2D eigenvalue weighted by molar-refractivity contribution is -0.120. The summed E-state index contributed by atoms with van der Waals surface area (Å²) in [4.78, 5) is 11.3. The van der Waals surface area contributed by atoms with Crippen molar-refractivity contribution >= 4 is 5.78 Å². The predicted octanol–water partition coefficient (Wildman–Crippen LogP) is 2.17. The quantitative estimate of drug-likeness (QED) is 0.557. The van der Waals surface area contributed by atoms with Gasteiger partial charge in [0.05, 0.1) is 0 Å². The molecule has 2 nitrogen and oxygen atoms in total. The summed E-state index contributed by atoms with van der Waals surface area (Å²) in [5.41, 5.74) is 0. The van der Waals surface area contributed by atoms with Gasteiger partial charge in [0.1, 0.15) is 5.78 Å². The molecule has 0 radical (unpaired) electrons. The lowest BCUT2D eigenvalue weighted by atomic mass is 10.0. The van der Waals surface area contributed by atoms with Crippen molar-refractivity contribution in [2.24, 2.45) is 5.92 Å². The Balaban J connectivity index is 2.29. The minimum Gasteiger partial charge on any atom is -0.381 e. The normalized spacial score (nSPS) is 28.4. The van der Waals surface area contributed by atoms with E-state index in [1.807, 2.05) is 0 Å². The van der Waals surface area contributed by atoms with Crippen molar-refractivity contribution in [1.82, 2.24) is 0 Å². The second-order valence-corrected chi connectivity index (χ2v) is 3.73. The highest BCUT2D eigenvalue weighted by Gasteiger charge is 2.10. The zero-order chi connectivity index (χ0) is 8.81. The molecule has 0 aromatic carbocycles. The van der Waals surface area contributed by atoms with Gasteiger partial charge in [0, 0.05) is 26.1 Å². The lowest BCUT2D eigenvalue weighted by Crippen LogP contribution is -2.13. The zero-order valence-corrected chi connectivity index (χ0v) is 7.84. The topological polar surface area (TPSA) is 26.3 Å². The molecule has 1 atom stereocenters. The second-order valence-electron chi connectivity index (χ2n) is 3.73. The predicted molar refractivity (Wildman–Crippen MR) is 48.1 cm³/mol. The number of carbonyl (C=O) groups excluding carboxylic acids is 1. The summed E-state index contributed by atoms with van der Waals surface area (Å²) < 4.78 is 5.42. The molecular formula is C10H18O2. The Kier molecular flexibility index (Phi) is 4.30.